The lowest BCUT2D eigenvalue weighted by atomic mass is 10.1. The van der Waals surface area contributed by atoms with E-state index in [1.807, 2.05) is 0 Å². The molecule has 2 aromatic carbocycles. The smallest absolute Gasteiger partial charge is 0.268 e. The number of rotatable bonds is 0. The number of amidine groups is 1. The topological polar surface area (TPSA) is 66.8 Å². The second-order valence-electron chi connectivity index (χ2n) is 4.54. The van der Waals surface area contributed by atoms with Gasteiger partial charge in [-0.1, -0.05) is 30.3 Å². The first kappa shape index (κ1) is 11.4. The monoisotopic (exact) mass is 284 g/mol. The summed E-state index contributed by atoms with van der Waals surface area (Å²) in [6.07, 6.45) is 0. The number of sulfonamides is 1. The average molecular weight is 284 g/mol. The molecule has 0 saturated carbocycles. The molecular weight excluding hydrogens is 276 g/mol. The molecule has 0 bridgehead atoms. The van der Waals surface area contributed by atoms with Crippen molar-refractivity contribution in [2.45, 2.75) is 4.90 Å². The molecule has 0 spiro atoms. The Kier molecular flexibility index (Phi) is 2.01. The van der Waals surface area contributed by atoms with Gasteiger partial charge in [0, 0.05) is 5.56 Å². The molecule has 0 aromatic heterocycles. The maximum absolute atomic E-state index is 12.5. The van der Waals surface area contributed by atoms with Crippen molar-refractivity contribution in [1.82, 2.24) is 0 Å². The highest BCUT2D eigenvalue weighted by atomic mass is 32.2. The minimum Gasteiger partial charge on any atom is -0.268 e. The Morgan fingerprint density at radius 1 is 0.900 bits per heavy atom. The first-order chi connectivity index (χ1) is 9.59. The van der Waals surface area contributed by atoms with E-state index in [4.69, 9.17) is 0 Å². The normalized spacial score (nSPS) is 18.1. The highest BCUT2D eigenvalue weighted by Gasteiger charge is 2.41. The van der Waals surface area contributed by atoms with E-state index in [-0.39, 0.29) is 16.6 Å². The molecule has 0 saturated heterocycles. The van der Waals surface area contributed by atoms with E-state index in [1.54, 1.807) is 42.5 Å². The third-order valence-electron chi connectivity index (χ3n) is 3.40. The fourth-order valence-electron chi connectivity index (χ4n) is 2.54. The summed E-state index contributed by atoms with van der Waals surface area (Å²) in [5, 5.41) is 0. The van der Waals surface area contributed by atoms with Crippen LogP contribution < -0.4 is 4.90 Å². The van der Waals surface area contributed by atoms with Gasteiger partial charge in [-0.05, 0) is 18.2 Å². The van der Waals surface area contributed by atoms with Gasteiger partial charge in [-0.2, -0.15) is 8.42 Å². The predicted molar refractivity (Wildman–Crippen MR) is 73.4 cm³/mol. The molecule has 4 rings (SSSR count). The number of anilines is 1. The first-order valence-corrected chi connectivity index (χ1v) is 7.41. The molecule has 0 fully saturated rings. The van der Waals surface area contributed by atoms with E-state index >= 15 is 0 Å². The van der Waals surface area contributed by atoms with Gasteiger partial charge in [0.2, 0.25) is 0 Å². The highest BCUT2D eigenvalue weighted by molar-refractivity contribution is 7.90. The van der Waals surface area contributed by atoms with Crippen LogP contribution in [0.2, 0.25) is 0 Å². The molecule has 0 unspecified atom stereocenters. The lowest BCUT2D eigenvalue weighted by molar-refractivity contribution is 0.101. The van der Waals surface area contributed by atoms with Gasteiger partial charge in [0.25, 0.3) is 15.9 Å². The zero-order valence-corrected chi connectivity index (χ0v) is 11.0. The second-order valence-corrected chi connectivity index (χ2v) is 6.12. The van der Waals surface area contributed by atoms with Crippen molar-refractivity contribution in [1.29, 1.82) is 0 Å². The van der Waals surface area contributed by atoms with Crippen LogP contribution in [-0.2, 0) is 10.0 Å². The van der Waals surface area contributed by atoms with Gasteiger partial charge in [0.15, 0.2) is 5.84 Å². The zero-order chi connectivity index (χ0) is 13.9. The lowest BCUT2D eigenvalue weighted by Crippen LogP contribution is -2.34. The Labute approximate surface area is 115 Å². The molecular formula is C14H8N2O3S. The third-order valence-corrected chi connectivity index (χ3v) is 4.72. The Morgan fingerprint density at radius 3 is 2.35 bits per heavy atom. The van der Waals surface area contributed by atoms with Gasteiger partial charge < -0.3 is 0 Å². The molecule has 2 aliphatic heterocycles. The Hall–Kier alpha value is -2.47. The number of fused-ring (bicyclic) bond motifs is 5. The molecule has 2 aromatic rings. The lowest BCUT2D eigenvalue weighted by Gasteiger charge is -2.23. The molecule has 2 heterocycles. The quantitative estimate of drug-likeness (QED) is 0.740. The van der Waals surface area contributed by atoms with E-state index < -0.39 is 10.0 Å². The van der Waals surface area contributed by atoms with Gasteiger partial charge >= 0.3 is 0 Å². The number of hydrogen-bond donors (Lipinski definition) is 0. The standard InChI is InChI=1S/C14H8N2O3S/c17-14-10-6-2-1-5-9(10)13-15-20(18,19)12-8-4-3-7-11(12)16(13)14/h1-8H. The predicted octanol–water partition coefficient (Wildman–Crippen LogP) is 1.80. The van der Waals surface area contributed by atoms with Crippen LogP contribution in [0.4, 0.5) is 5.69 Å². The molecule has 0 N–H and O–H groups in total. The number of carbonyl (C=O) groups is 1. The summed E-state index contributed by atoms with van der Waals surface area (Å²) < 4.78 is 28.2. The van der Waals surface area contributed by atoms with Crippen molar-refractivity contribution in [2.75, 3.05) is 4.90 Å². The van der Waals surface area contributed by atoms with Crippen molar-refractivity contribution in [3.8, 4) is 0 Å². The number of benzene rings is 2. The van der Waals surface area contributed by atoms with Crippen molar-refractivity contribution in [3.05, 3.63) is 59.7 Å². The van der Waals surface area contributed by atoms with E-state index in [1.165, 1.54) is 11.0 Å². The van der Waals surface area contributed by atoms with Gasteiger partial charge in [0.05, 0.1) is 11.3 Å². The molecule has 2 aliphatic rings. The molecule has 0 atom stereocenters. The third kappa shape index (κ3) is 1.28. The largest absolute Gasteiger partial charge is 0.286 e. The maximum atomic E-state index is 12.5. The van der Waals surface area contributed by atoms with E-state index in [9.17, 15) is 13.2 Å². The Morgan fingerprint density at radius 2 is 1.55 bits per heavy atom. The number of hydrogen-bond acceptors (Lipinski definition) is 3. The van der Waals surface area contributed by atoms with Crippen LogP contribution in [0.15, 0.2) is 57.8 Å². The van der Waals surface area contributed by atoms with Crippen molar-refractivity contribution in [2.24, 2.45) is 4.40 Å². The molecule has 98 valence electrons. The molecule has 6 heteroatoms. The molecule has 1 amide bonds. The Balaban J connectivity index is 2.10. The van der Waals surface area contributed by atoms with Crippen LogP contribution in [0.25, 0.3) is 0 Å². The van der Waals surface area contributed by atoms with Crippen molar-refractivity contribution < 1.29 is 13.2 Å². The van der Waals surface area contributed by atoms with Crippen LogP contribution in [0.3, 0.4) is 0 Å². The summed E-state index contributed by atoms with van der Waals surface area (Å²) in [6.45, 7) is 0. The first-order valence-electron chi connectivity index (χ1n) is 5.97. The second kappa shape index (κ2) is 3.55. The Bertz CT molecular complexity index is 900. The van der Waals surface area contributed by atoms with E-state index in [0.717, 1.165) is 0 Å². The summed E-state index contributed by atoms with van der Waals surface area (Å²) in [4.78, 5) is 13.9. The van der Waals surface area contributed by atoms with E-state index in [0.29, 0.717) is 16.8 Å². The summed E-state index contributed by atoms with van der Waals surface area (Å²) in [6, 6.07) is 13.3. The highest BCUT2D eigenvalue weighted by Crippen LogP contribution is 2.37. The van der Waals surface area contributed by atoms with Crippen LogP contribution in [0.5, 0.6) is 0 Å². The summed E-state index contributed by atoms with van der Waals surface area (Å²) in [5.74, 6) is -0.0639. The van der Waals surface area contributed by atoms with Gasteiger partial charge in [-0.3, -0.25) is 9.69 Å². The number of nitrogens with zero attached hydrogens (tertiary/aromatic N) is 2. The van der Waals surface area contributed by atoms with Crippen molar-refractivity contribution >= 4 is 27.5 Å². The molecule has 20 heavy (non-hydrogen) atoms. The zero-order valence-electron chi connectivity index (χ0n) is 10.1. The summed E-state index contributed by atoms with van der Waals surface area (Å²) in [5.41, 5.74) is 1.38. The minimum absolute atomic E-state index is 0.0601. The maximum Gasteiger partial charge on any atom is 0.286 e. The van der Waals surface area contributed by atoms with Crippen LogP contribution in [-0.4, -0.2) is 20.2 Å². The fraction of sp³-hybridized carbons (Fsp3) is 0. The summed E-state index contributed by atoms with van der Waals surface area (Å²) in [7, 11) is -3.77. The van der Waals surface area contributed by atoms with Crippen LogP contribution in [0, 0.1) is 0 Å². The van der Waals surface area contributed by atoms with Crippen molar-refractivity contribution in [3.63, 3.8) is 0 Å². The molecule has 5 nitrogen and oxygen atoms in total. The SMILES string of the molecule is O=C1c2ccccc2C2=NS(=O)(=O)c3ccccc3N12. The number of carbonyl (C=O) groups excluding carboxylic acids is 1. The van der Waals surface area contributed by atoms with Crippen LogP contribution >= 0.6 is 0 Å². The fourth-order valence-corrected chi connectivity index (χ4v) is 3.72. The van der Waals surface area contributed by atoms with Gasteiger partial charge in [-0.15, -0.1) is 4.40 Å². The summed E-state index contributed by atoms with van der Waals surface area (Å²) >= 11 is 0. The van der Waals surface area contributed by atoms with Gasteiger partial charge in [-0.25, -0.2) is 0 Å². The van der Waals surface area contributed by atoms with E-state index in [2.05, 4.69) is 4.40 Å². The average Bonchev–Trinajstić information content (AvgIpc) is 2.72. The minimum atomic E-state index is -3.77. The molecule has 0 radical (unpaired) electrons. The number of amides is 1. The van der Waals surface area contributed by atoms with Crippen LogP contribution in [0.1, 0.15) is 15.9 Å². The van der Waals surface area contributed by atoms with Gasteiger partial charge in [0.1, 0.15) is 4.90 Å². The molecule has 0 aliphatic carbocycles. The number of para-hydroxylation sites is 1.